The van der Waals surface area contributed by atoms with Crippen LogP contribution >= 0.6 is 22.9 Å². The van der Waals surface area contributed by atoms with Crippen LogP contribution in [0.2, 0.25) is 5.02 Å². The standard InChI is InChI=1S/C27H32ClN3O4S/c1-18-14-19(7-8-22(18)28)35-17-23-21-10-13-36-24(21)9-11-31(23)25(32)16-30(15-20-6-5-12-34-20)26(33)29-27(2,3)4/h5-8,10,12-14,23H,9,11,15-17H2,1-4H3,(H,29,33). The number of halogens is 1. The minimum absolute atomic E-state index is 0.0708. The summed E-state index contributed by atoms with van der Waals surface area (Å²) in [4.78, 5) is 31.3. The van der Waals surface area contributed by atoms with Crippen LogP contribution in [0.4, 0.5) is 4.79 Å². The Kier molecular flexibility index (Phi) is 7.95. The summed E-state index contributed by atoms with van der Waals surface area (Å²) < 4.78 is 11.6. The molecule has 0 aliphatic carbocycles. The number of thiophene rings is 1. The summed E-state index contributed by atoms with van der Waals surface area (Å²) in [6.45, 7) is 8.66. The molecule has 3 heterocycles. The van der Waals surface area contributed by atoms with Gasteiger partial charge in [0.15, 0.2) is 0 Å². The second-order valence-electron chi connectivity index (χ2n) is 9.99. The van der Waals surface area contributed by atoms with Crippen LogP contribution in [0.5, 0.6) is 5.75 Å². The number of carbonyl (C=O) groups is 2. The van der Waals surface area contributed by atoms with Crippen molar-refractivity contribution < 1.29 is 18.7 Å². The van der Waals surface area contributed by atoms with Crippen molar-refractivity contribution in [1.82, 2.24) is 15.1 Å². The molecular formula is C27H32ClN3O4S. The number of rotatable bonds is 7. The van der Waals surface area contributed by atoms with E-state index in [0.29, 0.717) is 29.7 Å². The van der Waals surface area contributed by atoms with Gasteiger partial charge in [-0.25, -0.2) is 4.79 Å². The van der Waals surface area contributed by atoms with Gasteiger partial charge in [-0.3, -0.25) is 4.79 Å². The van der Waals surface area contributed by atoms with Gasteiger partial charge in [0.2, 0.25) is 5.91 Å². The van der Waals surface area contributed by atoms with Gasteiger partial charge in [-0.2, -0.15) is 0 Å². The van der Waals surface area contributed by atoms with E-state index in [1.807, 2.05) is 50.8 Å². The topological polar surface area (TPSA) is 75.0 Å². The molecule has 192 valence electrons. The summed E-state index contributed by atoms with van der Waals surface area (Å²) in [5, 5.41) is 5.70. The maximum atomic E-state index is 13.7. The highest BCUT2D eigenvalue weighted by atomic mass is 35.5. The molecule has 3 aromatic rings. The molecule has 0 saturated carbocycles. The molecule has 36 heavy (non-hydrogen) atoms. The van der Waals surface area contributed by atoms with Gasteiger partial charge in [0.05, 0.1) is 18.8 Å². The van der Waals surface area contributed by atoms with Crippen LogP contribution in [0.15, 0.2) is 52.5 Å². The summed E-state index contributed by atoms with van der Waals surface area (Å²) >= 11 is 7.86. The number of fused-ring (bicyclic) bond motifs is 1. The number of benzene rings is 1. The molecule has 9 heteroatoms. The van der Waals surface area contributed by atoms with Gasteiger partial charge in [0.25, 0.3) is 0 Å². The van der Waals surface area contributed by atoms with Crippen molar-refractivity contribution in [2.24, 2.45) is 0 Å². The van der Waals surface area contributed by atoms with Crippen LogP contribution < -0.4 is 10.1 Å². The number of carbonyl (C=O) groups excluding carboxylic acids is 2. The molecule has 0 fully saturated rings. The van der Waals surface area contributed by atoms with Crippen molar-refractivity contribution in [2.75, 3.05) is 19.7 Å². The molecule has 1 unspecified atom stereocenters. The number of urea groups is 1. The van der Waals surface area contributed by atoms with E-state index < -0.39 is 5.54 Å². The minimum Gasteiger partial charge on any atom is -0.491 e. The van der Waals surface area contributed by atoms with Crippen LogP contribution in [-0.2, 0) is 17.8 Å². The molecule has 4 rings (SSSR count). The highest BCUT2D eigenvalue weighted by Gasteiger charge is 2.34. The Bertz CT molecular complexity index is 1200. The van der Waals surface area contributed by atoms with Crippen molar-refractivity contribution in [1.29, 1.82) is 0 Å². The maximum absolute atomic E-state index is 13.7. The molecule has 2 aromatic heterocycles. The lowest BCUT2D eigenvalue weighted by Gasteiger charge is -2.37. The van der Waals surface area contributed by atoms with Crippen molar-refractivity contribution >= 4 is 34.9 Å². The molecule has 1 atom stereocenters. The van der Waals surface area contributed by atoms with E-state index in [4.69, 9.17) is 20.8 Å². The lowest BCUT2D eigenvalue weighted by molar-refractivity contribution is -0.135. The number of nitrogens with one attached hydrogen (secondary N) is 1. The Labute approximate surface area is 221 Å². The van der Waals surface area contributed by atoms with E-state index >= 15 is 0 Å². The van der Waals surface area contributed by atoms with Gasteiger partial charge in [0.1, 0.15) is 24.7 Å². The number of furan rings is 1. The fourth-order valence-corrected chi connectivity index (χ4v) is 5.25. The number of ether oxygens (including phenoxy) is 1. The minimum atomic E-state index is -0.439. The smallest absolute Gasteiger partial charge is 0.318 e. The maximum Gasteiger partial charge on any atom is 0.318 e. The van der Waals surface area contributed by atoms with E-state index in [0.717, 1.165) is 17.5 Å². The number of hydrogen-bond donors (Lipinski definition) is 1. The molecule has 0 radical (unpaired) electrons. The first-order chi connectivity index (χ1) is 17.1. The van der Waals surface area contributed by atoms with Crippen molar-refractivity contribution in [3.8, 4) is 5.75 Å². The molecule has 1 N–H and O–H groups in total. The Balaban J connectivity index is 1.53. The summed E-state index contributed by atoms with van der Waals surface area (Å²) in [7, 11) is 0. The van der Waals surface area contributed by atoms with Crippen molar-refractivity contribution in [3.05, 3.63) is 74.8 Å². The number of aryl methyl sites for hydroxylation is 1. The molecule has 1 aliphatic heterocycles. The zero-order valence-corrected chi connectivity index (χ0v) is 22.6. The van der Waals surface area contributed by atoms with Crippen LogP contribution in [-0.4, -0.2) is 47.0 Å². The Hall–Kier alpha value is -2.97. The second kappa shape index (κ2) is 11.0. The predicted molar refractivity (Wildman–Crippen MR) is 142 cm³/mol. The van der Waals surface area contributed by atoms with Gasteiger partial charge in [-0.1, -0.05) is 11.6 Å². The van der Waals surface area contributed by atoms with Gasteiger partial charge in [-0.15, -0.1) is 11.3 Å². The Morgan fingerprint density at radius 2 is 2.08 bits per heavy atom. The Morgan fingerprint density at radius 3 is 2.78 bits per heavy atom. The Morgan fingerprint density at radius 1 is 1.28 bits per heavy atom. The monoisotopic (exact) mass is 529 g/mol. The third-order valence-electron chi connectivity index (χ3n) is 5.97. The van der Waals surface area contributed by atoms with Crippen LogP contribution in [0, 0.1) is 6.92 Å². The van der Waals surface area contributed by atoms with Crippen LogP contribution in [0.3, 0.4) is 0 Å². The van der Waals surface area contributed by atoms with Gasteiger partial charge in [0, 0.05) is 22.0 Å². The third kappa shape index (κ3) is 6.42. The normalized spacial score (nSPS) is 15.4. The predicted octanol–water partition coefficient (Wildman–Crippen LogP) is 5.82. The molecule has 3 amide bonds. The largest absolute Gasteiger partial charge is 0.491 e. The van der Waals surface area contributed by atoms with E-state index in [1.54, 1.807) is 29.7 Å². The average molecular weight is 530 g/mol. The summed E-state index contributed by atoms with van der Waals surface area (Å²) in [6.07, 6.45) is 2.34. The second-order valence-corrected chi connectivity index (χ2v) is 11.4. The number of nitrogens with zero attached hydrogens (tertiary/aromatic N) is 2. The highest BCUT2D eigenvalue weighted by molar-refractivity contribution is 7.10. The third-order valence-corrected chi connectivity index (χ3v) is 7.40. The fraction of sp³-hybridized carbons (Fsp3) is 0.407. The molecule has 1 aliphatic rings. The zero-order valence-electron chi connectivity index (χ0n) is 21.0. The molecule has 0 spiro atoms. The van der Waals surface area contributed by atoms with Gasteiger partial charge >= 0.3 is 6.03 Å². The van der Waals surface area contributed by atoms with Gasteiger partial charge < -0.3 is 24.3 Å². The van der Waals surface area contributed by atoms with E-state index in [-0.39, 0.29) is 31.1 Å². The van der Waals surface area contributed by atoms with Crippen LogP contribution in [0.1, 0.15) is 48.6 Å². The van der Waals surface area contributed by atoms with Crippen molar-refractivity contribution in [2.45, 2.75) is 52.2 Å². The molecule has 0 bridgehead atoms. The molecular weight excluding hydrogens is 498 g/mol. The van der Waals surface area contributed by atoms with E-state index in [9.17, 15) is 9.59 Å². The van der Waals surface area contributed by atoms with E-state index in [2.05, 4.69) is 16.8 Å². The van der Waals surface area contributed by atoms with Crippen LogP contribution in [0.25, 0.3) is 0 Å². The first-order valence-corrected chi connectivity index (χ1v) is 13.2. The highest BCUT2D eigenvalue weighted by Crippen LogP contribution is 2.34. The molecule has 0 saturated heterocycles. The number of amides is 3. The lowest BCUT2D eigenvalue weighted by Crippen LogP contribution is -2.52. The molecule has 1 aromatic carbocycles. The molecule has 7 nitrogen and oxygen atoms in total. The summed E-state index contributed by atoms with van der Waals surface area (Å²) in [6, 6.07) is 10.6. The number of hydrogen-bond acceptors (Lipinski definition) is 5. The average Bonchev–Trinajstić information content (AvgIpc) is 3.50. The fourth-order valence-electron chi connectivity index (χ4n) is 4.20. The SMILES string of the molecule is Cc1cc(OCC2c3ccsc3CCN2C(=O)CN(Cc2ccco2)C(=O)NC(C)(C)C)ccc1Cl. The first-order valence-electron chi connectivity index (χ1n) is 11.9. The van der Waals surface area contributed by atoms with Gasteiger partial charge in [-0.05, 0) is 87.0 Å². The van der Waals surface area contributed by atoms with Crippen molar-refractivity contribution in [3.63, 3.8) is 0 Å². The summed E-state index contributed by atoms with van der Waals surface area (Å²) in [5.74, 6) is 1.18. The van der Waals surface area contributed by atoms with E-state index in [1.165, 1.54) is 9.78 Å². The quantitative estimate of drug-likeness (QED) is 0.418. The first kappa shape index (κ1) is 26.1. The zero-order chi connectivity index (χ0) is 25.9. The summed E-state index contributed by atoms with van der Waals surface area (Å²) in [5.41, 5.74) is 1.59. The lowest BCUT2D eigenvalue weighted by atomic mass is 10.0.